The zero-order valence-electron chi connectivity index (χ0n) is 9.94. The van der Waals surface area contributed by atoms with Gasteiger partial charge in [0.1, 0.15) is 5.75 Å². The van der Waals surface area contributed by atoms with Crippen molar-refractivity contribution in [3.63, 3.8) is 0 Å². The second kappa shape index (κ2) is 6.56. The Labute approximate surface area is 97.2 Å². The van der Waals surface area contributed by atoms with Gasteiger partial charge in [0.25, 0.3) is 0 Å². The monoisotopic (exact) mass is 222 g/mol. The summed E-state index contributed by atoms with van der Waals surface area (Å²) in [4.78, 5) is 0. The molecule has 0 heterocycles. The third-order valence-corrected chi connectivity index (χ3v) is 2.50. The fraction of sp³-hybridized carbons (Fsp3) is 0.500. The predicted octanol–water partition coefficient (Wildman–Crippen LogP) is 1.24. The lowest BCUT2D eigenvalue weighted by atomic mass is 9.79. The van der Waals surface area contributed by atoms with Crippen LogP contribution in [0.3, 0.4) is 0 Å². The number of aryl methyl sites for hydroxylation is 1. The van der Waals surface area contributed by atoms with Gasteiger partial charge in [-0.3, -0.25) is 0 Å². The minimum absolute atomic E-state index is 0.499. The molecule has 0 aliphatic rings. The average Bonchev–Trinajstić information content (AvgIpc) is 2.26. The van der Waals surface area contributed by atoms with Crippen LogP contribution in [-0.2, 0) is 0 Å². The van der Waals surface area contributed by atoms with Crippen LogP contribution >= 0.6 is 0 Å². The highest BCUT2D eigenvalue weighted by Crippen LogP contribution is 2.16. The van der Waals surface area contributed by atoms with E-state index in [4.69, 9.17) is 14.8 Å². The molecule has 3 nitrogen and oxygen atoms in total. The van der Waals surface area contributed by atoms with E-state index < -0.39 is 7.12 Å². The Bertz CT molecular complexity index is 326. The zero-order valence-corrected chi connectivity index (χ0v) is 9.94. The molecule has 1 aromatic carbocycles. The molecule has 0 bridgehead atoms. The average molecular weight is 222 g/mol. The van der Waals surface area contributed by atoms with E-state index >= 15 is 0 Å². The molecule has 16 heavy (non-hydrogen) atoms. The van der Waals surface area contributed by atoms with Crippen molar-refractivity contribution in [2.24, 2.45) is 0 Å². The molecule has 0 saturated carbocycles. The van der Waals surface area contributed by atoms with Crippen LogP contribution in [0.5, 0.6) is 5.75 Å². The van der Waals surface area contributed by atoms with E-state index in [2.05, 4.69) is 6.92 Å². The largest absolute Gasteiger partial charge is 0.493 e. The second-order valence-corrected chi connectivity index (χ2v) is 3.95. The molecule has 0 aliphatic heterocycles. The maximum Gasteiger partial charge on any atom is 0.488 e. The molecule has 0 unspecified atom stereocenters. The van der Waals surface area contributed by atoms with Crippen LogP contribution < -0.4 is 10.2 Å². The second-order valence-electron chi connectivity index (χ2n) is 3.95. The van der Waals surface area contributed by atoms with Crippen LogP contribution in [0.2, 0.25) is 0 Å². The SMILES string of the molecule is CCCCCOc1ccc(B(O)O)cc1C. The smallest absolute Gasteiger partial charge is 0.488 e. The molecule has 0 fully saturated rings. The molecule has 2 N–H and O–H groups in total. The van der Waals surface area contributed by atoms with Crippen molar-refractivity contribution in [1.82, 2.24) is 0 Å². The summed E-state index contributed by atoms with van der Waals surface area (Å²) in [6.07, 6.45) is 3.41. The molecule has 0 amide bonds. The summed E-state index contributed by atoms with van der Waals surface area (Å²) in [6, 6.07) is 5.20. The summed E-state index contributed by atoms with van der Waals surface area (Å²) < 4.78 is 5.61. The van der Waals surface area contributed by atoms with E-state index in [1.54, 1.807) is 18.2 Å². The third kappa shape index (κ3) is 3.87. The molecule has 88 valence electrons. The minimum atomic E-state index is -1.41. The number of hydrogen-bond donors (Lipinski definition) is 2. The first-order valence-corrected chi connectivity index (χ1v) is 5.74. The zero-order chi connectivity index (χ0) is 12.0. The topological polar surface area (TPSA) is 49.7 Å². The summed E-state index contributed by atoms with van der Waals surface area (Å²) in [5.41, 5.74) is 1.43. The van der Waals surface area contributed by atoms with Crippen LogP contribution in [0.15, 0.2) is 18.2 Å². The molecule has 0 aromatic heterocycles. The Morgan fingerprint density at radius 3 is 2.56 bits per heavy atom. The van der Waals surface area contributed by atoms with Gasteiger partial charge in [-0.2, -0.15) is 0 Å². The van der Waals surface area contributed by atoms with Gasteiger partial charge >= 0.3 is 7.12 Å². The van der Waals surface area contributed by atoms with Gasteiger partial charge in [0, 0.05) is 0 Å². The van der Waals surface area contributed by atoms with E-state index in [1.165, 1.54) is 12.8 Å². The summed E-state index contributed by atoms with van der Waals surface area (Å²) in [6.45, 7) is 4.78. The third-order valence-electron chi connectivity index (χ3n) is 2.50. The fourth-order valence-electron chi connectivity index (χ4n) is 1.53. The van der Waals surface area contributed by atoms with Crippen LogP contribution in [0.4, 0.5) is 0 Å². The number of benzene rings is 1. The van der Waals surface area contributed by atoms with Gasteiger partial charge in [-0.05, 0) is 30.4 Å². The fourth-order valence-corrected chi connectivity index (χ4v) is 1.53. The molecular formula is C12H19BO3. The van der Waals surface area contributed by atoms with Crippen molar-refractivity contribution in [3.05, 3.63) is 23.8 Å². The highest BCUT2D eigenvalue weighted by Gasteiger charge is 2.12. The molecule has 1 aromatic rings. The minimum Gasteiger partial charge on any atom is -0.493 e. The van der Waals surface area contributed by atoms with E-state index in [0.717, 1.165) is 24.3 Å². The predicted molar refractivity (Wildman–Crippen MR) is 66.0 cm³/mol. The lowest BCUT2D eigenvalue weighted by molar-refractivity contribution is 0.304. The molecule has 0 atom stereocenters. The molecule has 1 rings (SSSR count). The summed E-state index contributed by atoms with van der Waals surface area (Å²) in [7, 11) is -1.41. The van der Waals surface area contributed by atoms with Crippen molar-refractivity contribution in [1.29, 1.82) is 0 Å². The van der Waals surface area contributed by atoms with E-state index in [1.807, 2.05) is 6.92 Å². The Morgan fingerprint density at radius 1 is 1.25 bits per heavy atom. The standard InChI is InChI=1S/C12H19BO3/c1-3-4-5-8-16-12-7-6-11(13(14)15)9-10(12)2/h6-7,9,14-15H,3-5,8H2,1-2H3. The van der Waals surface area contributed by atoms with Gasteiger partial charge in [0.15, 0.2) is 0 Å². The number of hydrogen-bond acceptors (Lipinski definition) is 3. The molecule has 0 spiro atoms. The first-order valence-electron chi connectivity index (χ1n) is 5.74. The van der Waals surface area contributed by atoms with Crippen molar-refractivity contribution in [2.45, 2.75) is 33.1 Å². The normalized spacial score (nSPS) is 10.2. The van der Waals surface area contributed by atoms with Crippen molar-refractivity contribution in [2.75, 3.05) is 6.61 Å². The summed E-state index contributed by atoms with van der Waals surface area (Å²) in [5, 5.41) is 18.0. The maximum absolute atomic E-state index is 9.00. The molecular weight excluding hydrogens is 203 g/mol. The molecule has 4 heteroatoms. The summed E-state index contributed by atoms with van der Waals surface area (Å²) in [5.74, 6) is 0.820. The van der Waals surface area contributed by atoms with Crippen LogP contribution in [0, 0.1) is 6.92 Å². The van der Waals surface area contributed by atoms with Crippen molar-refractivity contribution < 1.29 is 14.8 Å². The highest BCUT2D eigenvalue weighted by molar-refractivity contribution is 6.58. The first kappa shape index (κ1) is 13.1. The lowest BCUT2D eigenvalue weighted by Gasteiger charge is -2.10. The van der Waals surface area contributed by atoms with Crippen molar-refractivity contribution in [3.8, 4) is 5.75 Å². The highest BCUT2D eigenvalue weighted by atomic mass is 16.5. The van der Waals surface area contributed by atoms with Gasteiger partial charge in [-0.25, -0.2) is 0 Å². The number of rotatable bonds is 6. The Kier molecular flexibility index (Phi) is 5.36. The lowest BCUT2D eigenvalue weighted by Crippen LogP contribution is -2.29. The summed E-state index contributed by atoms with van der Waals surface area (Å²) >= 11 is 0. The van der Waals surface area contributed by atoms with Gasteiger partial charge < -0.3 is 14.8 Å². The van der Waals surface area contributed by atoms with Crippen molar-refractivity contribution >= 4 is 12.6 Å². The Hall–Kier alpha value is -0.995. The van der Waals surface area contributed by atoms with Gasteiger partial charge in [0.05, 0.1) is 6.61 Å². The van der Waals surface area contributed by atoms with Gasteiger partial charge in [0.2, 0.25) is 0 Å². The van der Waals surface area contributed by atoms with Gasteiger partial charge in [-0.1, -0.05) is 31.9 Å². The molecule has 0 saturated heterocycles. The van der Waals surface area contributed by atoms with E-state index in [0.29, 0.717) is 5.46 Å². The van der Waals surface area contributed by atoms with E-state index in [-0.39, 0.29) is 0 Å². The van der Waals surface area contributed by atoms with Crippen LogP contribution in [0.25, 0.3) is 0 Å². The van der Waals surface area contributed by atoms with Gasteiger partial charge in [-0.15, -0.1) is 0 Å². The molecule has 0 radical (unpaired) electrons. The quantitative estimate of drug-likeness (QED) is 0.562. The number of ether oxygens (including phenoxy) is 1. The maximum atomic E-state index is 9.00. The Morgan fingerprint density at radius 2 is 2.00 bits per heavy atom. The van der Waals surface area contributed by atoms with Crippen LogP contribution in [-0.4, -0.2) is 23.8 Å². The Balaban J connectivity index is 2.54. The first-order chi connectivity index (χ1) is 7.65. The van der Waals surface area contributed by atoms with E-state index in [9.17, 15) is 0 Å². The number of unbranched alkanes of at least 4 members (excludes halogenated alkanes) is 2. The molecule has 0 aliphatic carbocycles. The van der Waals surface area contributed by atoms with Crippen LogP contribution in [0.1, 0.15) is 31.7 Å².